The molecule has 0 aromatic carbocycles. The summed E-state index contributed by atoms with van der Waals surface area (Å²) in [6.45, 7) is 4.23. The van der Waals surface area contributed by atoms with Crippen molar-refractivity contribution < 1.29 is 4.74 Å². The minimum atomic E-state index is -0.0702. The van der Waals surface area contributed by atoms with Crippen LogP contribution in [0.2, 0.25) is 0 Å². The number of ether oxygens (including phenoxy) is 1. The van der Waals surface area contributed by atoms with Gasteiger partial charge >= 0.3 is 0 Å². The van der Waals surface area contributed by atoms with Crippen LogP contribution in [-0.2, 0) is 4.74 Å². The van der Waals surface area contributed by atoms with Crippen molar-refractivity contribution in [2.24, 2.45) is 0 Å². The summed E-state index contributed by atoms with van der Waals surface area (Å²) in [5.74, 6) is 0. The standard InChI is InChI=1S/C6H9Br2ClO/c1-5(9)6(4-8)10-3-2-7/h6H,1-4H2. The number of rotatable bonds is 5. The van der Waals surface area contributed by atoms with Gasteiger partial charge in [-0.2, -0.15) is 0 Å². The van der Waals surface area contributed by atoms with E-state index in [-0.39, 0.29) is 6.10 Å². The van der Waals surface area contributed by atoms with E-state index in [9.17, 15) is 0 Å². The predicted octanol–water partition coefficient (Wildman–Crippen LogP) is 2.91. The number of hydrogen-bond donors (Lipinski definition) is 0. The molecule has 0 N–H and O–H groups in total. The highest BCUT2D eigenvalue weighted by molar-refractivity contribution is 9.09. The fourth-order valence-electron chi connectivity index (χ4n) is 0.405. The predicted molar refractivity (Wildman–Crippen MR) is 52.3 cm³/mol. The van der Waals surface area contributed by atoms with Crippen molar-refractivity contribution >= 4 is 43.5 Å². The van der Waals surface area contributed by atoms with Gasteiger partial charge in [0.2, 0.25) is 0 Å². The first-order valence-corrected chi connectivity index (χ1v) is 5.42. The average molecular weight is 292 g/mol. The molecule has 4 heteroatoms. The zero-order chi connectivity index (χ0) is 7.98. The zero-order valence-electron chi connectivity index (χ0n) is 5.45. The molecule has 1 atom stereocenters. The summed E-state index contributed by atoms with van der Waals surface area (Å²) < 4.78 is 5.28. The Balaban J connectivity index is 3.50. The third-order valence-electron chi connectivity index (χ3n) is 0.886. The van der Waals surface area contributed by atoms with Gasteiger partial charge in [-0.3, -0.25) is 0 Å². The molecule has 0 aromatic heterocycles. The summed E-state index contributed by atoms with van der Waals surface area (Å²) in [5, 5.41) is 2.06. The first kappa shape index (κ1) is 11.0. The van der Waals surface area contributed by atoms with E-state index in [2.05, 4.69) is 38.4 Å². The molecule has 0 aliphatic heterocycles. The second-order valence-corrected chi connectivity index (χ2v) is 3.58. The summed E-state index contributed by atoms with van der Waals surface area (Å²) >= 11 is 12.1. The molecule has 0 saturated carbocycles. The molecule has 0 saturated heterocycles. The number of halogens is 3. The van der Waals surface area contributed by atoms with Crippen LogP contribution in [0, 0.1) is 0 Å². The van der Waals surface area contributed by atoms with E-state index < -0.39 is 0 Å². The molecule has 0 fully saturated rings. The van der Waals surface area contributed by atoms with Crippen LogP contribution < -0.4 is 0 Å². The molecular formula is C6H9Br2ClO. The molecule has 10 heavy (non-hydrogen) atoms. The van der Waals surface area contributed by atoms with Crippen LogP contribution >= 0.6 is 43.5 Å². The van der Waals surface area contributed by atoms with Crippen LogP contribution in [-0.4, -0.2) is 23.4 Å². The minimum absolute atomic E-state index is 0.0702. The van der Waals surface area contributed by atoms with Gasteiger partial charge in [0, 0.05) is 15.7 Å². The van der Waals surface area contributed by atoms with Crippen LogP contribution in [0.4, 0.5) is 0 Å². The number of hydrogen-bond acceptors (Lipinski definition) is 1. The van der Waals surface area contributed by atoms with Crippen LogP contribution in [0.1, 0.15) is 0 Å². The first-order valence-electron chi connectivity index (χ1n) is 2.80. The van der Waals surface area contributed by atoms with Gasteiger partial charge in [0.1, 0.15) is 6.10 Å². The molecule has 60 valence electrons. The van der Waals surface area contributed by atoms with Crippen LogP contribution in [0.3, 0.4) is 0 Å². The summed E-state index contributed by atoms with van der Waals surface area (Å²) in [7, 11) is 0. The van der Waals surface area contributed by atoms with Crippen molar-refractivity contribution in [3.63, 3.8) is 0 Å². The smallest absolute Gasteiger partial charge is 0.102 e. The lowest BCUT2D eigenvalue weighted by Gasteiger charge is -2.11. The van der Waals surface area contributed by atoms with Gasteiger partial charge in [0.05, 0.1) is 6.61 Å². The maximum atomic E-state index is 5.61. The van der Waals surface area contributed by atoms with Crippen LogP contribution in [0.5, 0.6) is 0 Å². The second-order valence-electron chi connectivity index (χ2n) is 1.65. The van der Waals surface area contributed by atoms with Crippen LogP contribution in [0.15, 0.2) is 11.6 Å². The SMILES string of the molecule is C=C(Cl)C(CBr)OCCBr. The molecule has 0 aliphatic carbocycles. The van der Waals surface area contributed by atoms with Gasteiger partial charge in [-0.25, -0.2) is 0 Å². The van der Waals surface area contributed by atoms with Crippen molar-refractivity contribution in [1.82, 2.24) is 0 Å². The maximum absolute atomic E-state index is 5.61. The van der Waals surface area contributed by atoms with Crippen molar-refractivity contribution in [3.05, 3.63) is 11.6 Å². The summed E-state index contributed by atoms with van der Waals surface area (Å²) in [6, 6.07) is 0. The Morgan fingerprint density at radius 3 is 2.50 bits per heavy atom. The van der Waals surface area contributed by atoms with Gasteiger partial charge < -0.3 is 4.74 Å². The Bertz CT molecular complexity index is 108. The molecule has 0 rings (SSSR count). The quantitative estimate of drug-likeness (QED) is 0.708. The lowest BCUT2D eigenvalue weighted by atomic mass is 10.4. The summed E-state index contributed by atoms with van der Waals surface area (Å²) in [6.07, 6.45) is -0.0702. The fraction of sp³-hybridized carbons (Fsp3) is 0.667. The molecule has 0 radical (unpaired) electrons. The van der Waals surface area contributed by atoms with E-state index in [0.717, 1.165) is 5.33 Å². The van der Waals surface area contributed by atoms with Gasteiger partial charge in [-0.05, 0) is 0 Å². The highest BCUT2D eigenvalue weighted by atomic mass is 79.9. The van der Waals surface area contributed by atoms with Gasteiger partial charge in [-0.15, -0.1) is 0 Å². The highest BCUT2D eigenvalue weighted by Crippen LogP contribution is 2.11. The van der Waals surface area contributed by atoms with Crippen LogP contribution in [0.25, 0.3) is 0 Å². The molecule has 0 spiro atoms. The first-order chi connectivity index (χ1) is 4.72. The van der Waals surface area contributed by atoms with Crippen molar-refractivity contribution in [2.45, 2.75) is 6.10 Å². The van der Waals surface area contributed by atoms with E-state index in [1.807, 2.05) is 0 Å². The fourth-order valence-corrected chi connectivity index (χ4v) is 1.50. The lowest BCUT2D eigenvalue weighted by Crippen LogP contribution is -2.15. The largest absolute Gasteiger partial charge is 0.371 e. The normalized spacial score (nSPS) is 13.1. The average Bonchev–Trinajstić information content (AvgIpc) is 1.89. The van der Waals surface area contributed by atoms with Gasteiger partial charge in [-0.1, -0.05) is 50.0 Å². The minimum Gasteiger partial charge on any atom is -0.371 e. The van der Waals surface area contributed by atoms with E-state index >= 15 is 0 Å². The molecule has 1 nitrogen and oxygen atoms in total. The summed E-state index contributed by atoms with van der Waals surface area (Å²) in [5.41, 5.74) is 0. The lowest BCUT2D eigenvalue weighted by molar-refractivity contribution is 0.113. The zero-order valence-corrected chi connectivity index (χ0v) is 9.38. The molecule has 0 aliphatic rings. The van der Waals surface area contributed by atoms with E-state index in [1.165, 1.54) is 0 Å². The molecular weight excluding hydrogens is 283 g/mol. The number of alkyl halides is 2. The maximum Gasteiger partial charge on any atom is 0.102 e. The third-order valence-corrected chi connectivity index (χ3v) is 2.04. The monoisotopic (exact) mass is 290 g/mol. The van der Waals surface area contributed by atoms with E-state index in [1.54, 1.807) is 0 Å². The topological polar surface area (TPSA) is 9.23 Å². The van der Waals surface area contributed by atoms with Gasteiger partial charge in [0.15, 0.2) is 0 Å². The van der Waals surface area contributed by atoms with Gasteiger partial charge in [0.25, 0.3) is 0 Å². The Hall–Kier alpha value is 0.950. The second kappa shape index (κ2) is 6.65. The van der Waals surface area contributed by atoms with Crippen molar-refractivity contribution in [1.29, 1.82) is 0 Å². The molecule has 0 bridgehead atoms. The van der Waals surface area contributed by atoms with Crippen molar-refractivity contribution in [2.75, 3.05) is 17.3 Å². The Labute approximate surface area is 83.0 Å². The molecule has 1 unspecified atom stereocenters. The van der Waals surface area contributed by atoms with E-state index in [4.69, 9.17) is 16.3 Å². The molecule has 0 aromatic rings. The van der Waals surface area contributed by atoms with E-state index in [0.29, 0.717) is 17.0 Å². The third kappa shape index (κ3) is 4.72. The molecule has 0 amide bonds. The Morgan fingerprint density at radius 2 is 2.20 bits per heavy atom. The van der Waals surface area contributed by atoms with Crippen molar-refractivity contribution in [3.8, 4) is 0 Å². The summed E-state index contributed by atoms with van der Waals surface area (Å²) in [4.78, 5) is 0. The Kier molecular flexibility index (Phi) is 7.28. The Morgan fingerprint density at radius 1 is 1.60 bits per heavy atom. The highest BCUT2D eigenvalue weighted by Gasteiger charge is 2.07. The molecule has 0 heterocycles.